The molecule has 0 amide bonds. The normalized spacial score (nSPS) is 12.9. The predicted molar refractivity (Wildman–Crippen MR) is 51.9 cm³/mol. The second-order valence-electron chi connectivity index (χ2n) is 2.99. The molecule has 1 aromatic rings. The Balaban J connectivity index is 2.70. The summed E-state index contributed by atoms with van der Waals surface area (Å²) in [6.07, 6.45) is 2.07. The highest BCUT2D eigenvalue weighted by atomic mass is 79.9. The zero-order chi connectivity index (χ0) is 9.84. The largest absolute Gasteiger partial charge is 0.393 e. The molecule has 1 atom stereocenters. The first kappa shape index (κ1) is 10.6. The molecule has 0 fully saturated rings. The number of hydrogen-bond acceptors (Lipinski definition) is 2. The van der Waals surface area contributed by atoms with E-state index in [1.54, 1.807) is 13.0 Å². The van der Waals surface area contributed by atoms with Crippen LogP contribution in [-0.4, -0.2) is 16.2 Å². The van der Waals surface area contributed by atoms with Gasteiger partial charge < -0.3 is 5.11 Å². The van der Waals surface area contributed by atoms with Gasteiger partial charge in [0.25, 0.3) is 0 Å². The monoisotopic (exact) mass is 247 g/mol. The summed E-state index contributed by atoms with van der Waals surface area (Å²) in [5, 5.41) is 9.02. The van der Waals surface area contributed by atoms with Crippen LogP contribution in [0.3, 0.4) is 0 Å². The second-order valence-corrected chi connectivity index (χ2v) is 3.91. The molecule has 1 heterocycles. The van der Waals surface area contributed by atoms with Crippen molar-refractivity contribution in [1.82, 2.24) is 4.98 Å². The van der Waals surface area contributed by atoms with Crippen molar-refractivity contribution in [1.29, 1.82) is 0 Å². The fourth-order valence-corrected chi connectivity index (χ4v) is 1.38. The summed E-state index contributed by atoms with van der Waals surface area (Å²) >= 11 is 3.21. The molecule has 1 N–H and O–H groups in total. The van der Waals surface area contributed by atoms with Gasteiger partial charge in [-0.15, -0.1) is 0 Å². The lowest BCUT2D eigenvalue weighted by Crippen LogP contribution is -2.03. The van der Waals surface area contributed by atoms with Crippen molar-refractivity contribution in [3.8, 4) is 0 Å². The SMILES string of the molecule is C[C@@H](O)CCc1cc(Br)cnc1F. The maximum absolute atomic E-state index is 13.0. The fourth-order valence-electron chi connectivity index (χ4n) is 1.00. The van der Waals surface area contributed by atoms with E-state index < -0.39 is 12.1 Å². The highest BCUT2D eigenvalue weighted by Crippen LogP contribution is 2.14. The number of rotatable bonds is 3. The first-order valence-corrected chi connectivity index (χ1v) is 4.87. The molecular weight excluding hydrogens is 237 g/mol. The van der Waals surface area contributed by atoms with Crippen LogP contribution in [0.5, 0.6) is 0 Å². The zero-order valence-electron chi connectivity index (χ0n) is 7.30. The Morgan fingerprint density at radius 1 is 1.69 bits per heavy atom. The van der Waals surface area contributed by atoms with Crippen LogP contribution in [0.4, 0.5) is 4.39 Å². The summed E-state index contributed by atoms with van der Waals surface area (Å²) in [4.78, 5) is 3.56. The van der Waals surface area contributed by atoms with Crippen molar-refractivity contribution >= 4 is 15.9 Å². The van der Waals surface area contributed by atoms with Gasteiger partial charge in [-0.3, -0.25) is 0 Å². The number of aryl methyl sites for hydroxylation is 1. The minimum Gasteiger partial charge on any atom is -0.393 e. The Morgan fingerprint density at radius 2 is 2.38 bits per heavy atom. The number of halogens is 2. The Hall–Kier alpha value is -0.480. The highest BCUT2D eigenvalue weighted by Gasteiger charge is 2.05. The Kier molecular flexibility index (Phi) is 3.81. The van der Waals surface area contributed by atoms with E-state index in [2.05, 4.69) is 20.9 Å². The van der Waals surface area contributed by atoms with Gasteiger partial charge in [0, 0.05) is 16.2 Å². The lowest BCUT2D eigenvalue weighted by atomic mass is 10.1. The van der Waals surface area contributed by atoms with Crippen LogP contribution in [-0.2, 0) is 6.42 Å². The van der Waals surface area contributed by atoms with Gasteiger partial charge in [-0.1, -0.05) is 0 Å². The summed E-state index contributed by atoms with van der Waals surface area (Å²) in [5.74, 6) is -0.455. The van der Waals surface area contributed by atoms with Gasteiger partial charge in [0.2, 0.25) is 5.95 Å². The molecule has 0 bridgehead atoms. The van der Waals surface area contributed by atoms with E-state index in [4.69, 9.17) is 5.11 Å². The molecule has 1 aromatic heterocycles. The fraction of sp³-hybridized carbons (Fsp3) is 0.444. The van der Waals surface area contributed by atoms with Crippen molar-refractivity contribution < 1.29 is 9.50 Å². The Morgan fingerprint density at radius 3 is 3.00 bits per heavy atom. The van der Waals surface area contributed by atoms with Gasteiger partial charge in [-0.25, -0.2) is 4.98 Å². The van der Waals surface area contributed by atoms with E-state index in [9.17, 15) is 4.39 Å². The number of pyridine rings is 1. The molecular formula is C9H11BrFNO. The summed E-state index contributed by atoms with van der Waals surface area (Å²) < 4.78 is 13.8. The Bertz CT molecular complexity index is 291. The van der Waals surface area contributed by atoms with Gasteiger partial charge in [-0.2, -0.15) is 4.39 Å². The van der Waals surface area contributed by atoms with Crippen LogP contribution in [0.1, 0.15) is 18.9 Å². The van der Waals surface area contributed by atoms with Crippen LogP contribution in [0.25, 0.3) is 0 Å². The van der Waals surface area contributed by atoms with E-state index in [-0.39, 0.29) is 0 Å². The molecule has 4 heteroatoms. The van der Waals surface area contributed by atoms with Crippen molar-refractivity contribution in [2.75, 3.05) is 0 Å². The van der Waals surface area contributed by atoms with E-state index in [1.165, 1.54) is 6.20 Å². The lowest BCUT2D eigenvalue weighted by Gasteiger charge is -2.04. The molecule has 0 saturated carbocycles. The van der Waals surface area contributed by atoms with Gasteiger partial charge >= 0.3 is 0 Å². The average molecular weight is 248 g/mol. The van der Waals surface area contributed by atoms with Gasteiger partial charge in [0.15, 0.2) is 0 Å². The Labute approximate surface area is 84.9 Å². The summed E-state index contributed by atoms with van der Waals surface area (Å²) in [6.45, 7) is 1.68. The molecule has 0 aliphatic carbocycles. The topological polar surface area (TPSA) is 33.1 Å². The maximum atomic E-state index is 13.0. The van der Waals surface area contributed by atoms with Gasteiger partial charge in [-0.05, 0) is 41.8 Å². The van der Waals surface area contributed by atoms with Crippen LogP contribution in [0.15, 0.2) is 16.7 Å². The van der Waals surface area contributed by atoms with Crippen LogP contribution in [0, 0.1) is 5.95 Å². The second kappa shape index (κ2) is 4.67. The predicted octanol–water partition coefficient (Wildman–Crippen LogP) is 2.30. The van der Waals surface area contributed by atoms with Crippen LogP contribution < -0.4 is 0 Å². The summed E-state index contributed by atoms with van der Waals surface area (Å²) in [5.41, 5.74) is 0.537. The standard InChI is InChI=1S/C9H11BrFNO/c1-6(13)2-3-7-4-8(10)5-12-9(7)11/h4-6,13H,2-3H2,1H3/t6-/m1/s1. The van der Waals surface area contributed by atoms with E-state index in [0.717, 1.165) is 4.47 Å². The summed E-state index contributed by atoms with van der Waals surface area (Å²) in [6, 6.07) is 1.69. The van der Waals surface area contributed by atoms with Gasteiger partial charge in [0.1, 0.15) is 0 Å². The molecule has 0 unspecified atom stereocenters. The molecule has 0 saturated heterocycles. The quantitative estimate of drug-likeness (QED) is 0.832. The number of nitrogens with zero attached hydrogens (tertiary/aromatic N) is 1. The van der Waals surface area contributed by atoms with Crippen LogP contribution in [0.2, 0.25) is 0 Å². The molecule has 2 nitrogen and oxygen atoms in total. The van der Waals surface area contributed by atoms with E-state index in [0.29, 0.717) is 18.4 Å². The average Bonchev–Trinajstić information content (AvgIpc) is 2.06. The van der Waals surface area contributed by atoms with Gasteiger partial charge in [0.05, 0.1) is 6.10 Å². The summed E-state index contributed by atoms with van der Waals surface area (Å²) in [7, 11) is 0. The van der Waals surface area contributed by atoms with E-state index >= 15 is 0 Å². The number of aliphatic hydroxyl groups excluding tert-OH is 1. The zero-order valence-corrected chi connectivity index (χ0v) is 8.88. The van der Waals surface area contributed by atoms with Crippen molar-refractivity contribution in [3.63, 3.8) is 0 Å². The highest BCUT2D eigenvalue weighted by molar-refractivity contribution is 9.10. The molecule has 0 radical (unpaired) electrons. The molecule has 0 aromatic carbocycles. The first-order chi connectivity index (χ1) is 6.09. The molecule has 13 heavy (non-hydrogen) atoms. The van der Waals surface area contributed by atoms with Crippen molar-refractivity contribution in [3.05, 3.63) is 28.2 Å². The maximum Gasteiger partial charge on any atom is 0.216 e. The van der Waals surface area contributed by atoms with Crippen molar-refractivity contribution in [2.24, 2.45) is 0 Å². The number of aromatic nitrogens is 1. The van der Waals surface area contributed by atoms with E-state index in [1.807, 2.05) is 0 Å². The molecule has 0 aliphatic rings. The number of aliphatic hydroxyl groups is 1. The molecule has 0 aliphatic heterocycles. The molecule has 0 spiro atoms. The minimum absolute atomic E-state index is 0.404. The minimum atomic E-state index is -0.455. The van der Waals surface area contributed by atoms with Crippen molar-refractivity contribution in [2.45, 2.75) is 25.9 Å². The molecule has 1 rings (SSSR count). The molecule has 72 valence electrons. The third-order valence-electron chi connectivity index (χ3n) is 1.71. The third kappa shape index (κ3) is 3.40. The third-order valence-corrected chi connectivity index (χ3v) is 2.14. The van der Waals surface area contributed by atoms with Crippen LogP contribution >= 0.6 is 15.9 Å². The smallest absolute Gasteiger partial charge is 0.216 e. The lowest BCUT2D eigenvalue weighted by molar-refractivity contribution is 0.184. The number of hydrogen-bond donors (Lipinski definition) is 1. The first-order valence-electron chi connectivity index (χ1n) is 4.07.